The van der Waals surface area contributed by atoms with E-state index in [0.717, 1.165) is 0 Å². The van der Waals surface area contributed by atoms with Crippen LogP contribution in [0.25, 0.3) is 0 Å². The lowest BCUT2D eigenvalue weighted by Crippen LogP contribution is -2.26. The maximum absolute atomic E-state index is 11.4. The van der Waals surface area contributed by atoms with Crippen LogP contribution in [0.5, 0.6) is 0 Å². The molecule has 0 aliphatic carbocycles. The fourth-order valence-electron chi connectivity index (χ4n) is 1.96. The number of carbonyl (C=O) groups excluding carboxylic acids is 1. The fourth-order valence-corrected chi connectivity index (χ4v) is 1.96. The van der Waals surface area contributed by atoms with Crippen molar-refractivity contribution in [1.82, 2.24) is 10.2 Å². The fraction of sp³-hybridized carbons (Fsp3) is 0.417. The van der Waals surface area contributed by atoms with Crippen molar-refractivity contribution in [2.24, 2.45) is 0 Å². The normalized spacial score (nSPS) is 21.1. The molecule has 0 saturated carbocycles. The zero-order chi connectivity index (χ0) is 11.0. The average molecular weight is 204 g/mol. The van der Waals surface area contributed by atoms with Gasteiger partial charge >= 0.3 is 0 Å². The van der Waals surface area contributed by atoms with Gasteiger partial charge in [-0.2, -0.15) is 0 Å². The van der Waals surface area contributed by atoms with Crippen LogP contribution in [0.3, 0.4) is 0 Å². The summed E-state index contributed by atoms with van der Waals surface area (Å²) in [5.41, 5.74) is 3.65. The van der Waals surface area contributed by atoms with Gasteiger partial charge in [0.15, 0.2) is 0 Å². The molecule has 1 aromatic rings. The third-order valence-corrected chi connectivity index (χ3v) is 2.96. The van der Waals surface area contributed by atoms with E-state index in [4.69, 9.17) is 0 Å². The lowest BCUT2D eigenvalue weighted by atomic mass is 10.0. The summed E-state index contributed by atoms with van der Waals surface area (Å²) >= 11 is 0. The Kier molecular flexibility index (Phi) is 2.49. The predicted molar refractivity (Wildman–Crippen MR) is 59.4 cm³/mol. The van der Waals surface area contributed by atoms with Gasteiger partial charge in [0.25, 0.3) is 0 Å². The van der Waals surface area contributed by atoms with Crippen LogP contribution in [0.15, 0.2) is 18.2 Å². The lowest BCUT2D eigenvalue weighted by molar-refractivity contribution is -0.126. The molecule has 1 N–H and O–H groups in total. The average Bonchev–Trinajstić information content (AvgIpc) is 2.52. The molecule has 1 unspecified atom stereocenters. The van der Waals surface area contributed by atoms with Crippen molar-refractivity contribution in [3.05, 3.63) is 34.9 Å². The van der Waals surface area contributed by atoms with Crippen LogP contribution in [-0.2, 0) is 4.79 Å². The summed E-state index contributed by atoms with van der Waals surface area (Å²) in [6.07, 6.45) is 0.0393. The van der Waals surface area contributed by atoms with Crippen molar-refractivity contribution >= 4 is 5.91 Å². The molecular weight excluding hydrogens is 188 g/mol. The van der Waals surface area contributed by atoms with Gasteiger partial charge in [0.2, 0.25) is 5.91 Å². The van der Waals surface area contributed by atoms with E-state index < -0.39 is 0 Å². The smallest absolute Gasteiger partial charge is 0.237 e. The number of nitrogens with one attached hydrogen (secondary N) is 1. The first-order valence-electron chi connectivity index (χ1n) is 5.16. The molecule has 3 nitrogen and oxygen atoms in total. The molecule has 0 bridgehead atoms. The van der Waals surface area contributed by atoms with Crippen LogP contribution in [-0.4, -0.2) is 24.4 Å². The molecule has 0 radical (unpaired) electrons. The third-order valence-electron chi connectivity index (χ3n) is 2.96. The molecule has 80 valence electrons. The SMILES string of the molecule is Cc1ccc(C)c(C2NCC(=O)N2C)c1. The summed E-state index contributed by atoms with van der Waals surface area (Å²) in [4.78, 5) is 13.2. The first-order chi connectivity index (χ1) is 7.09. The maximum Gasteiger partial charge on any atom is 0.237 e. The first-order valence-corrected chi connectivity index (χ1v) is 5.16. The highest BCUT2D eigenvalue weighted by Crippen LogP contribution is 2.24. The second-order valence-corrected chi connectivity index (χ2v) is 4.15. The van der Waals surface area contributed by atoms with Crippen molar-refractivity contribution < 1.29 is 4.79 Å². The van der Waals surface area contributed by atoms with Crippen molar-refractivity contribution in [3.63, 3.8) is 0 Å². The summed E-state index contributed by atoms with van der Waals surface area (Å²) in [5.74, 6) is 0.154. The Morgan fingerprint density at radius 3 is 2.73 bits per heavy atom. The minimum atomic E-state index is 0.0393. The van der Waals surface area contributed by atoms with Gasteiger partial charge in [-0.3, -0.25) is 10.1 Å². The molecule has 1 atom stereocenters. The Morgan fingerprint density at radius 1 is 1.40 bits per heavy atom. The Balaban J connectivity index is 2.37. The molecule has 1 heterocycles. The Labute approximate surface area is 90.1 Å². The number of hydrogen-bond acceptors (Lipinski definition) is 2. The van der Waals surface area contributed by atoms with E-state index >= 15 is 0 Å². The first kappa shape index (κ1) is 10.2. The maximum atomic E-state index is 11.4. The van der Waals surface area contributed by atoms with Crippen LogP contribution in [0.4, 0.5) is 0 Å². The quantitative estimate of drug-likeness (QED) is 0.749. The van der Waals surface area contributed by atoms with E-state index in [1.807, 2.05) is 7.05 Å². The van der Waals surface area contributed by atoms with Gasteiger partial charge in [0, 0.05) is 7.05 Å². The Hall–Kier alpha value is -1.35. The van der Waals surface area contributed by atoms with E-state index in [0.29, 0.717) is 6.54 Å². The number of carbonyl (C=O) groups is 1. The van der Waals surface area contributed by atoms with Gasteiger partial charge in [0.1, 0.15) is 6.17 Å². The van der Waals surface area contributed by atoms with E-state index in [9.17, 15) is 4.79 Å². The zero-order valence-electron chi connectivity index (χ0n) is 9.37. The topological polar surface area (TPSA) is 32.3 Å². The summed E-state index contributed by atoms with van der Waals surface area (Å²) in [7, 11) is 1.84. The molecule has 1 amide bonds. The molecule has 1 fully saturated rings. The lowest BCUT2D eigenvalue weighted by Gasteiger charge is -2.22. The molecule has 1 aromatic carbocycles. The summed E-state index contributed by atoms with van der Waals surface area (Å²) in [6.45, 7) is 4.58. The third kappa shape index (κ3) is 1.75. The molecule has 1 aliphatic heterocycles. The summed E-state index contributed by atoms with van der Waals surface area (Å²) < 4.78 is 0. The van der Waals surface area contributed by atoms with Crippen LogP contribution in [0, 0.1) is 13.8 Å². The van der Waals surface area contributed by atoms with Crippen LogP contribution >= 0.6 is 0 Å². The van der Waals surface area contributed by atoms with Crippen molar-refractivity contribution in [1.29, 1.82) is 0 Å². The number of amides is 1. The molecule has 0 spiro atoms. The van der Waals surface area contributed by atoms with E-state index in [-0.39, 0.29) is 12.1 Å². The van der Waals surface area contributed by atoms with Crippen LogP contribution in [0.2, 0.25) is 0 Å². The van der Waals surface area contributed by atoms with Crippen molar-refractivity contribution in [2.45, 2.75) is 20.0 Å². The number of rotatable bonds is 1. The zero-order valence-corrected chi connectivity index (χ0v) is 9.37. The van der Waals surface area contributed by atoms with E-state index in [1.54, 1.807) is 4.90 Å². The highest BCUT2D eigenvalue weighted by atomic mass is 16.2. The number of nitrogens with zero attached hydrogens (tertiary/aromatic N) is 1. The highest BCUT2D eigenvalue weighted by molar-refractivity contribution is 5.80. The molecule has 1 aliphatic rings. The Morgan fingerprint density at radius 2 is 2.13 bits per heavy atom. The van der Waals surface area contributed by atoms with Gasteiger partial charge in [-0.05, 0) is 25.0 Å². The van der Waals surface area contributed by atoms with Gasteiger partial charge in [-0.15, -0.1) is 0 Å². The monoisotopic (exact) mass is 204 g/mol. The standard InChI is InChI=1S/C12H16N2O/c1-8-4-5-9(2)10(6-8)12-13-7-11(15)14(12)3/h4-6,12-13H,7H2,1-3H3. The second kappa shape index (κ2) is 3.66. The number of benzene rings is 1. The minimum absolute atomic E-state index is 0.0393. The second-order valence-electron chi connectivity index (χ2n) is 4.15. The highest BCUT2D eigenvalue weighted by Gasteiger charge is 2.28. The van der Waals surface area contributed by atoms with Crippen molar-refractivity contribution in [3.8, 4) is 0 Å². The van der Waals surface area contributed by atoms with E-state index in [2.05, 4.69) is 37.4 Å². The van der Waals surface area contributed by atoms with E-state index in [1.165, 1.54) is 16.7 Å². The van der Waals surface area contributed by atoms with Gasteiger partial charge in [-0.25, -0.2) is 0 Å². The minimum Gasteiger partial charge on any atom is -0.325 e. The van der Waals surface area contributed by atoms with Gasteiger partial charge < -0.3 is 4.90 Å². The number of aryl methyl sites for hydroxylation is 2. The summed E-state index contributed by atoms with van der Waals surface area (Å²) in [6, 6.07) is 6.33. The van der Waals surface area contributed by atoms with Gasteiger partial charge in [-0.1, -0.05) is 23.8 Å². The molecule has 0 aromatic heterocycles. The number of hydrogen-bond donors (Lipinski definition) is 1. The van der Waals surface area contributed by atoms with Gasteiger partial charge in [0.05, 0.1) is 6.54 Å². The van der Waals surface area contributed by atoms with Crippen LogP contribution < -0.4 is 5.32 Å². The summed E-state index contributed by atoms with van der Waals surface area (Å²) in [5, 5.41) is 3.22. The predicted octanol–water partition coefficient (Wildman–Crippen LogP) is 1.36. The van der Waals surface area contributed by atoms with Crippen molar-refractivity contribution in [2.75, 3.05) is 13.6 Å². The molecule has 3 heteroatoms. The molecule has 15 heavy (non-hydrogen) atoms. The van der Waals surface area contributed by atoms with Crippen LogP contribution in [0.1, 0.15) is 22.9 Å². The molecular formula is C12H16N2O. The molecule has 2 rings (SSSR count). The molecule has 1 saturated heterocycles. The number of likely N-dealkylation sites (N-methyl/N-ethyl adjacent to an activating group) is 1. The largest absolute Gasteiger partial charge is 0.325 e. The Bertz CT molecular complexity index is 401.